The van der Waals surface area contributed by atoms with Crippen LogP contribution < -0.4 is 0 Å². The minimum atomic E-state index is 0.231. The van der Waals surface area contributed by atoms with Gasteiger partial charge in [-0.25, -0.2) is 4.98 Å². The molecular formula is C14H21N3S. The van der Waals surface area contributed by atoms with Crippen LogP contribution in [0.2, 0.25) is 0 Å². The van der Waals surface area contributed by atoms with Gasteiger partial charge in [0.25, 0.3) is 0 Å². The van der Waals surface area contributed by atoms with Gasteiger partial charge in [0.15, 0.2) is 0 Å². The maximum absolute atomic E-state index is 4.48. The molecule has 4 heteroatoms. The predicted molar refractivity (Wildman–Crippen MR) is 77.9 cm³/mol. The normalized spacial score (nSPS) is 12.3. The summed E-state index contributed by atoms with van der Waals surface area (Å²) in [7, 11) is 4.24. The van der Waals surface area contributed by atoms with E-state index in [1.54, 1.807) is 11.3 Å². The first-order chi connectivity index (χ1) is 8.48. The molecule has 0 fully saturated rings. The first kappa shape index (κ1) is 13.3. The lowest BCUT2D eigenvalue weighted by Gasteiger charge is -2.29. The van der Waals surface area contributed by atoms with Gasteiger partial charge in [-0.05, 0) is 31.0 Å². The van der Waals surface area contributed by atoms with Crippen molar-refractivity contribution < 1.29 is 0 Å². The Balaban J connectivity index is 2.18. The molecule has 18 heavy (non-hydrogen) atoms. The molecule has 0 aliphatic heterocycles. The maximum atomic E-state index is 4.48. The molecule has 2 rings (SSSR count). The van der Waals surface area contributed by atoms with Crippen LogP contribution in [-0.4, -0.2) is 35.1 Å². The zero-order valence-electron chi connectivity index (χ0n) is 11.6. The van der Waals surface area contributed by atoms with Gasteiger partial charge < -0.3 is 9.47 Å². The number of rotatable bonds is 5. The molecule has 2 aromatic heterocycles. The molecule has 2 aromatic rings. The lowest BCUT2D eigenvalue weighted by molar-refractivity contribution is 0.212. The summed E-state index contributed by atoms with van der Waals surface area (Å²) in [6, 6.07) is 2.13. The smallest absolute Gasteiger partial charge is 0.140 e. The number of nitrogens with zero attached hydrogens (tertiary/aromatic N) is 3. The van der Waals surface area contributed by atoms with E-state index in [4.69, 9.17) is 0 Å². The quantitative estimate of drug-likeness (QED) is 0.826. The van der Waals surface area contributed by atoms with E-state index in [2.05, 4.69) is 65.4 Å². The van der Waals surface area contributed by atoms with E-state index in [1.807, 2.05) is 6.20 Å². The Morgan fingerprint density at radius 3 is 2.78 bits per heavy atom. The van der Waals surface area contributed by atoms with Gasteiger partial charge in [0, 0.05) is 36.4 Å². The minimum absolute atomic E-state index is 0.231. The molecule has 0 aromatic carbocycles. The summed E-state index contributed by atoms with van der Waals surface area (Å²) in [4.78, 5) is 6.72. The fraction of sp³-hybridized carbons (Fsp3) is 0.500. The summed E-state index contributed by atoms with van der Waals surface area (Å²) < 4.78 is 2.26. The summed E-state index contributed by atoms with van der Waals surface area (Å²) >= 11 is 1.71. The van der Waals surface area contributed by atoms with Crippen LogP contribution >= 0.6 is 11.3 Å². The van der Waals surface area contributed by atoms with Crippen molar-refractivity contribution in [2.45, 2.75) is 20.4 Å². The zero-order valence-corrected chi connectivity index (χ0v) is 12.4. The van der Waals surface area contributed by atoms with E-state index in [0.717, 1.165) is 18.9 Å². The molecular weight excluding hydrogens is 242 g/mol. The fourth-order valence-electron chi connectivity index (χ4n) is 2.46. The Morgan fingerprint density at radius 1 is 1.39 bits per heavy atom. The molecule has 98 valence electrons. The molecule has 0 aliphatic carbocycles. The topological polar surface area (TPSA) is 21.1 Å². The van der Waals surface area contributed by atoms with Gasteiger partial charge in [0.05, 0.1) is 0 Å². The van der Waals surface area contributed by atoms with Crippen LogP contribution in [0.5, 0.6) is 0 Å². The van der Waals surface area contributed by atoms with Gasteiger partial charge in [0.1, 0.15) is 5.82 Å². The van der Waals surface area contributed by atoms with Gasteiger partial charge in [0.2, 0.25) is 0 Å². The van der Waals surface area contributed by atoms with E-state index < -0.39 is 0 Å². The molecule has 0 radical (unpaired) electrons. The van der Waals surface area contributed by atoms with Crippen LogP contribution in [-0.2, 0) is 6.54 Å². The first-order valence-electron chi connectivity index (χ1n) is 6.16. The number of hydrogen-bond donors (Lipinski definition) is 0. The molecule has 2 heterocycles. The van der Waals surface area contributed by atoms with Crippen molar-refractivity contribution in [1.29, 1.82) is 0 Å². The highest BCUT2D eigenvalue weighted by Gasteiger charge is 2.21. The van der Waals surface area contributed by atoms with Crippen LogP contribution in [0.1, 0.15) is 13.8 Å². The van der Waals surface area contributed by atoms with Crippen molar-refractivity contribution in [3.8, 4) is 11.4 Å². The summed E-state index contributed by atoms with van der Waals surface area (Å²) in [6.45, 7) is 6.64. The average molecular weight is 263 g/mol. The molecule has 0 saturated carbocycles. The highest BCUT2D eigenvalue weighted by atomic mass is 32.1. The Hall–Kier alpha value is -1.13. The molecule has 0 atom stereocenters. The van der Waals surface area contributed by atoms with Crippen molar-refractivity contribution in [3.63, 3.8) is 0 Å². The van der Waals surface area contributed by atoms with Gasteiger partial charge in [-0.2, -0.15) is 11.3 Å². The number of imidazole rings is 1. The molecule has 0 amide bonds. The average Bonchev–Trinajstić information content (AvgIpc) is 2.83. The minimum Gasteiger partial charge on any atom is -0.330 e. The second-order valence-electron chi connectivity index (χ2n) is 5.79. The van der Waals surface area contributed by atoms with Crippen molar-refractivity contribution in [3.05, 3.63) is 29.2 Å². The zero-order chi connectivity index (χ0) is 13.2. The first-order valence-corrected chi connectivity index (χ1v) is 7.11. The highest BCUT2D eigenvalue weighted by Crippen LogP contribution is 2.25. The van der Waals surface area contributed by atoms with Crippen LogP contribution in [0.15, 0.2) is 29.2 Å². The Kier molecular flexibility index (Phi) is 3.88. The molecule has 0 saturated heterocycles. The standard InChI is InChI=1S/C14H21N3S/c1-14(2,10-16(3)4)11-17-7-6-15-13(17)12-5-8-18-9-12/h5-9H,10-11H2,1-4H3. The third-order valence-electron chi connectivity index (χ3n) is 2.84. The van der Waals surface area contributed by atoms with E-state index in [-0.39, 0.29) is 5.41 Å². The van der Waals surface area contributed by atoms with Crippen LogP contribution in [0.4, 0.5) is 0 Å². The SMILES string of the molecule is CN(C)CC(C)(C)Cn1ccnc1-c1ccsc1. The summed E-state index contributed by atoms with van der Waals surface area (Å²) in [5.41, 5.74) is 1.44. The summed E-state index contributed by atoms with van der Waals surface area (Å²) in [6.07, 6.45) is 3.96. The third kappa shape index (κ3) is 3.21. The van der Waals surface area contributed by atoms with Crippen LogP contribution in [0, 0.1) is 5.41 Å². The summed E-state index contributed by atoms with van der Waals surface area (Å²) in [5.74, 6) is 1.07. The Labute approximate surface area is 113 Å². The lowest BCUT2D eigenvalue weighted by Crippen LogP contribution is -2.32. The Bertz CT molecular complexity index is 483. The lowest BCUT2D eigenvalue weighted by atomic mass is 9.93. The predicted octanol–water partition coefficient (Wildman–Crippen LogP) is 3.20. The maximum Gasteiger partial charge on any atom is 0.140 e. The molecule has 0 unspecified atom stereocenters. The van der Waals surface area contributed by atoms with E-state index >= 15 is 0 Å². The number of aromatic nitrogens is 2. The fourth-order valence-corrected chi connectivity index (χ4v) is 3.09. The van der Waals surface area contributed by atoms with Gasteiger partial charge >= 0.3 is 0 Å². The molecule has 0 aliphatic rings. The Morgan fingerprint density at radius 2 is 2.17 bits per heavy atom. The van der Waals surface area contributed by atoms with E-state index in [0.29, 0.717) is 0 Å². The highest BCUT2D eigenvalue weighted by molar-refractivity contribution is 7.08. The largest absolute Gasteiger partial charge is 0.330 e. The molecule has 0 bridgehead atoms. The van der Waals surface area contributed by atoms with Crippen molar-refractivity contribution in [2.24, 2.45) is 5.41 Å². The number of hydrogen-bond acceptors (Lipinski definition) is 3. The molecule has 0 N–H and O–H groups in total. The summed E-state index contributed by atoms with van der Waals surface area (Å²) in [5, 5.41) is 4.25. The van der Waals surface area contributed by atoms with Crippen LogP contribution in [0.3, 0.4) is 0 Å². The van der Waals surface area contributed by atoms with Crippen LogP contribution in [0.25, 0.3) is 11.4 Å². The monoisotopic (exact) mass is 263 g/mol. The molecule has 0 spiro atoms. The second kappa shape index (κ2) is 5.24. The van der Waals surface area contributed by atoms with Gasteiger partial charge in [-0.1, -0.05) is 13.8 Å². The molecule has 3 nitrogen and oxygen atoms in total. The van der Waals surface area contributed by atoms with Gasteiger partial charge in [-0.15, -0.1) is 0 Å². The third-order valence-corrected chi connectivity index (χ3v) is 3.52. The second-order valence-corrected chi connectivity index (χ2v) is 6.57. The van der Waals surface area contributed by atoms with Crippen molar-refractivity contribution in [2.75, 3.05) is 20.6 Å². The van der Waals surface area contributed by atoms with Gasteiger partial charge in [-0.3, -0.25) is 0 Å². The number of thiophene rings is 1. The van der Waals surface area contributed by atoms with Crippen molar-refractivity contribution in [1.82, 2.24) is 14.5 Å². The van der Waals surface area contributed by atoms with E-state index in [9.17, 15) is 0 Å². The van der Waals surface area contributed by atoms with E-state index in [1.165, 1.54) is 5.56 Å². The van der Waals surface area contributed by atoms with Crippen molar-refractivity contribution >= 4 is 11.3 Å².